The molecule has 90 valence electrons. The quantitative estimate of drug-likeness (QED) is 0.900. The number of rotatable bonds is 3. The first-order valence-corrected chi connectivity index (χ1v) is 5.74. The molecule has 0 aliphatic rings. The first-order valence-electron chi connectivity index (χ1n) is 5.36. The highest BCUT2D eigenvalue weighted by Gasteiger charge is 2.10. The fourth-order valence-corrected chi connectivity index (χ4v) is 1.72. The molecule has 0 aliphatic heterocycles. The molecule has 4 heteroatoms. The van der Waals surface area contributed by atoms with Crippen molar-refractivity contribution in [2.75, 3.05) is 5.32 Å². The standard InChI is InChI=1S/C14H10ClFN2/c15-11-6-4-10(5-7-11)14(9-17)18-13-3-1-2-12(16)8-13/h1-8,14,18H. The van der Waals surface area contributed by atoms with E-state index in [0.717, 1.165) is 5.56 Å². The minimum atomic E-state index is -0.538. The fourth-order valence-electron chi connectivity index (χ4n) is 1.59. The van der Waals surface area contributed by atoms with Gasteiger partial charge in [0.05, 0.1) is 6.07 Å². The molecule has 0 aromatic heterocycles. The van der Waals surface area contributed by atoms with Gasteiger partial charge in [0.2, 0.25) is 0 Å². The second kappa shape index (κ2) is 5.52. The molecule has 0 aliphatic carbocycles. The van der Waals surface area contributed by atoms with Crippen LogP contribution in [0.3, 0.4) is 0 Å². The Morgan fingerprint density at radius 3 is 2.50 bits per heavy atom. The van der Waals surface area contributed by atoms with Crippen LogP contribution in [0.4, 0.5) is 10.1 Å². The molecule has 0 saturated carbocycles. The summed E-state index contributed by atoms with van der Waals surface area (Å²) in [4.78, 5) is 0. The van der Waals surface area contributed by atoms with Crippen LogP contribution in [0, 0.1) is 17.1 Å². The topological polar surface area (TPSA) is 35.8 Å². The van der Waals surface area contributed by atoms with Gasteiger partial charge in [0.1, 0.15) is 11.9 Å². The Morgan fingerprint density at radius 1 is 1.17 bits per heavy atom. The van der Waals surface area contributed by atoms with Crippen molar-refractivity contribution in [3.8, 4) is 6.07 Å². The number of anilines is 1. The van der Waals surface area contributed by atoms with Crippen LogP contribution in [0.25, 0.3) is 0 Å². The Morgan fingerprint density at radius 2 is 1.89 bits per heavy atom. The Balaban J connectivity index is 2.20. The lowest BCUT2D eigenvalue weighted by molar-refractivity contribution is 0.628. The summed E-state index contributed by atoms with van der Waals surface area (Å²) >= 11 is 5.79. The molecule has 1 unspecified atom stereocenters. The van der Waals surface area contributed by atoms with Gasteiger partial charge in [-0.05, 0) is 35.9 Å². The van der Waals surface area contributed by atoms with Gasteiger partial charge in [-0.25, -0.2) is 4.39 Å². The molecule has 0 amide bonds. The molecule has 0 radical (unpaired) electrons. The van der Waals surface area contributed by atoms with E-state index in [9.17, 15) is 4.39 Å². The van der Waals surface area contributed by atoms with Crippen LogP contribution < -0.4 is 5.32 Å². The highest BCUT2D eigenvalue weighted by atomic mass is 35.5. The predicted molar refractivity (Wildman–Crippen MR) is 69.8 cm³/mol. The molecule has 18 heavy (non-hydrogen) atoms. The van der Waals surface area contributed by atoms with Gasteiger partial charge in [0, 0.05) is 10.7 Å². The van der Waals surface area contributed by atoms with E-state index in [4.69, 9.17) is 16.9 Å². The van der Waals surface area contributed by atoms with E-state index < -0.39 is 6.04 Å². The summed E-state index contributed by atoms with van der Waals surface area (Å²) in [7, 11) is 0. The van der Waals surface area contributed by atoms with Crippen molar-refractivity contribution < 1.29 is 4.39 Å². The second-order valence-corrected chi connectivity index (χ2v) is 4.20. The fraction of sp³-hybridized carbons (Fsp3) is 0.0714. The van der Waals surface area contributed by atoms with E-state index in [1.54, 1.807) is 36.4 Å². The van der Waals surface area contributed by atoms with Crippen LogP contribution in [0.15, 0.2) is 48.5 Å². The van der Waals surface area contributed by atoms with Gasteiger partial charge in [-0.15, -0.1) is 0 Å². The smallest absolute Gasteiger partial charge is 0.140 e. The Bertz CT molecular complexity index is 575. The minimum Gasteiger partial charge on any atom is -0.366 e. The van der Waals surface area contributed by atoms with Crippen molar-refractivity contribution >= 4 is 17.3 Å². The van der Waals surface area contributed by atoms with Crippen LogP contribution in [0.5, 0.6) is 0 Å². The SMILES string of the molecule is N#CC(Nc1cccc(F)c1)c1ccc(Cl)cc1. The molecular weight excluding hydrogens is 251 g/mol. The highest BCUT2D eigenvalue weighted by Crippen LogP contribution is 2.21. The summed E-state index contributed by atoms with van der Waals surface area (Å²) in [6.07, 6.45) is 0. The van der Waals surface area contributed by atoms with E-state index >= 15 is 0 Å². The van der Waals surface area contributed by atoms with Crippen LogP contribution in [-0.4, -0.2) is 0 Å². The lowest BCUT2D eigenvalue weighted by Crippen LogP contribution is -2.08. The first kappa shape index (κ1) is 12.4. The van der Waals surface area contributed by atoms with Crippen molar-refractivity contribution in [3.63, 3.8) is 0 Å². The summed E-state index contributed by atoms with van der Waals surface area (Å²) in [6.45, 7) is 0. The second-order valence-electron chi connectivity index (χ2n) is 3.77. The van der Waals surface area contributed by atoms with Crippen LogP contribution in [0.2, 0.25) is 5.02 Å². The zero-order valence-corrected chi connectivity index (χ0v) is 10.2. The minimum absolute atomic E-state index is 0.340. The van der Waals surface area contributed by atoms with E-state index in [-0.39, 0.29) is 5.82 Å². The monoisotopic (exact) mass is 260 g/mol. The molecule has 0 bridgehead atoms. The van der Waals surface area contributed by atoms with E-state index in [0.29, 0.717) is 10.7 Å². The van der Waals surface area contributed by atoms with Crippen LogP contribution in [-0.2, 0) is 0 Å². The third-order valence-electron chi connectivity index (χ3n) is 2.47. The molecule has 0 heterocycles. The highest BCUT2D eigenvalue weighted by molar-refractivity contribution is 6.30. The zero-order chi connectivity index (χ0) is 13.0. The molecule has 2 aromatic carbocycles. The average molecular weight is 261 g/mol. The van der Waals surface area contributed by atoms with Gasteiger partial charge in [-0.1, -0.05) is 29.8 Å². The molecule has 0 fully saturated rings. The van der Waals surface area contributed by atoms with E-state index in [2.05, 4.69) is 11.4 Å². The predicted octanol–water partition coefficient (Wildman–Crippen LogP) is 4.16. The zero-order valence-electron chi connectivity index (χ0n) is 9.40. The third kappa shape index (κ3) is 2.99. The molecule has 1 atom stereocenters. The van der Waals surface area contributed by atoms with Crippen molar-refractivity contribution in [2.45, 2.75) is 6.04 Å². The molecule has 0 spiro atoms. The number of hydrogen-bond donors (Lipinski definition) is 1. The lowest BCUT2D eigenvalue weighted by atomic mass is 10.1. The third-order valence-corrected chi connectivity index (χ3v) is 2.72. The summed E-state index contributed by atoms with van der Waals surface area (Å²) in [6, 6.07) is 14.6. The van der Waals surface area contributed by atoms with Gasteiger partial charge in [-0.3, -0.25) is 0 Å². The number of nitrogens with one attached hydrogen (secondary N) is 1. The summed E-state index contributed by atoms with van der Waals surface area (Å²) in [5, 5.41) is 12.7. The number of hydrogen-bond acceptors (Lipinski definition) is 2. The largest absolute Gasteiger partial charge is 0.366 e. The van der Waals surface area contributed by atoms with Crippen molar-refractivity contribution in [1.82, 2.24) is 0 Å². The number of nitrogens with zero attached hydrogens (tertiary/aromatic N) is 1. The molecule has 2 rings (SSSR count). The summed E-state index contributed by atoms with van der Waals surface area (Å²) < 4.78 is 13.0. The first-order chi connectivity index (χ1) is 8.69. The molecule has 2 nitrogen and oxygen atoms in total. The van der Waals surface area contributed by atoms with Crippen molar-refractivity contribution in [3.05, 3.63) is 64.9 Å². The lowest BCUT2D eigenvalue weighted by Gasteiger charge is -2.13. The van der Waals surface area contributed by atoms with E-state index in [1.807, 2.05) is 0 Å². The summed E-state index contributed by atoms with van der Waals surface area (Å²) in [5.74, 6) is -0.340. The molecule has 1 N–H and O–H groups in total. The normalized spacial score (nSPS) is 11.6. The molecular formula is C14H10ClFN2. The number of benzene rings is 2. The molecule has 0 saturated heterocycles. The van der Waals surface area contributed by atoms with Gasteiger partial charge in [-0.2, -0.15) is 5.26 Å². The Hall–Kier alpha value is -2.05. The van der Waals surface area contributed by atoms with Gasteiger partial charge in [0.15, 0.2) is 0 Å². The average Bonchev–Trinajstić information content (AvgIpc) is 2.37. The van der Waals surface area contributed by atoms with Crippen LogP contribution in [0.1, 0.15) is 11.6 Å². The van der Waals surface area contributed by atoms with Gasteiger partial charge >= 0.3 is 0 Å². The Labute approximate surface area is 110 Å². The van der Waals surface area contributed by atoms with Gasteiger partial charge < -0.3 is 5.32 Å². The summed E-state index contributed by atoms with van der Waals surface area (Å²) in [5.41, 5.74) is 1.35. The van der Waals surface area contributed by atoms with Crippen molar-refractivity contribution in [1.29, 1.82) is 5.26 Å². The maximum Gasteiger partial charge on any atom is 0.140 e. The number of nitriles is 1. The maximum absolute atomic E-state index is 13.0. The molecule has 2 aromatic rings. The van der Waals surface area contributed by atoms with Gasteiger partial charge in [0.25, 0.3) is 0 Å². The maximum atomic E-state index is 13.0. The van der Waals surface area contributed by atoms with Crippen LogP contribution >= 0.6 is 11.6 Å². The van der Waals surface area contributed by atoms with E-state index in [1.165, 1.54) is 12.1 Å². The number of halogens is 2. The Kier molecular flexibility index (Phi) is 3.81. The van der Waals surface area contributed by atoms with Crippen molar-refractivity contribution in [2.24, 2.45) is 0 Å².